The molecule has 1 heterocycles. The summed E-state index contributed by atoms with van der Waals surface area (Å²) in [5.41, 5.74) is 2.64. The van der Waals surface area contributed by atoms with E-state index in [0.29, 0.717) is 5.69 Å². The Labute approximate surface area is 96.3 Å². The summed E-state index contributed by atoms with van der Waals surface area (Å²) in [6.07, 6.45) is 6.59. The number of hydrogen-bond donors (Lipinski definition) is 2. The van der Waals surface area contributed by atoms with E-state index < -0.39 is 0 Å². The average Bonchev–Trinajstić information content (AvgIpc) is 2.81. The van der Waals surface area contributed by atoms with E-state index in [1.807, 2.05) is 26.0 Å². The van der Waals surface area contributed by atoms with E-state index in [9.17, 15) is 4.79 Å². The molecule has 0 fully saturated rings. The van der Waals surface area contributed by atoms with Crippen LogP contribution >= 0.6 is 0 Å². The number of H-pyrrole nitrogens is 1. The van der Waals surface area contributed by atoms with Crippen LogP contribution in [0.3, 0.4) is 0 Å². The molecule has 0 unspecified atom stereocenters. The molecule has 1 rings (SSSR count). The van der Waals surface area contributed by atoms with Gasteiger partial charge in [-0.25, -0.2) is 0 Å². The van der Waals surface area contributed by atoms with Crippen molar-refractivity contribution in [2.45, 2.75) is 27.2 Å². The molecule has 3 nitrogen and oxygen atoms in total. The molecule has 1 amide bonds. The summed E-state index contributed by atoms with van der Waals surface area (Å²) in [6.45, 7) is 6.04. The maximum absolute atomic E-state index is 11.7. The van der Waals surface area contributed by atoms with Crippen molar-refractivity contribution in [1.82, 2.24) is 10.3 Å². The van der Waals surface area contributed by atoms with Crippen molar-refractivity contribution in [1.29, 1.82) is 0 Å². The highest BCUT2D eigenvalue weighted by Gasteiger charge is 2.05. The third kappa shape index (κ3) is 3.42. The molecular formula is C13H18N2O. The maximum Gasteiger partial charge on any atom is 0.272 e. The van der Waals surface area contributed by atoms with E-state index in [4.69, 9.17) is 0 Å². The lowest BCUT2D eigenvalue weighted by atomic mass is 10.2. The molecular weight excluding hydrogens is 200 g/mol. The van der Waals surface area contributed by atoms with Crippen molar-refractivity contribution in [2.75, 3.05) is 0 Å². The van der Waals surface area contributed by atoms with Gasteiger partial charge in [0.2, 0.25) is 0 Å². The first kappa shape index (κ1) is 12.3. The molecule has 0 aliphatic carbocycles. The van der Waals surface area contributed by atoms with Crippen molar-refractivity contribution in [3.8, 4) is 0 Å². The molecule has 1 aromatic heterocycles. The van der Waals surface area contributed by atoms with E-state index in [0.717, 1.165) is 12.1 Å². The Morgan fingerprint density at radius 2 is 2.31 bits per heavy atom. The topological polar surface area (TPSA) is 44.9 Å². The van der Waals surface area contributed by atoms with Gasteiger partial charge in [-0.1, -0.05) is 18.6 Å². The van der Waals surface area contributed by atoms with Crippen molar-refractivity contribution in [3.05, 3.63) is 47.4 Å². The zero-order valence-corrected chi connectivity index (χ0v) is 10.0. The van der Waals surface area contributed by atoms with Crippen LogP contribution in [0.25, 0.3) is 0 Å². The summed E-state index contributed by atoms with van der Waals surface area (Å²) >= 11 is 0. The van der Waals surface area contributed by atoms with E-state index >= 15 is 0 Å². The van der Waals surface area contributed by atoms with Gasteiger partial charge in [0.1, 0.15) is 5.69 Å². The number of nitrogens with one attached hydrogen (secondary N) is 2. The first-order valence-corrected chi connectivity index (χ1v) is 5.45. The molecule has 3 heteroatoms. The van der Waals surface area contributed by atoms with Crippen LogP contribution in [-0.4, -0.2) is 10.9 Å². The second-order valence-corrected chi connectivity index (χ2v) is 3.63. The molecule has 16 heavy (non-hydrogen) atoms. The summed E-state index contributed by atoms with van der Waals surface area (Å²) in [5, 5.41) is 2.85. The lowest BCUT2D eigenvalue weighted by Crippen LogP contribution is -2.22. The van der Waals surface area contributed by atoms with Crippen LogP contribution in [0, 0.1) is 0 Å². The normalized spacial score (nSPS) is 12.7. The molecule has 0 radical (unpaired) electrons. The van der Waals surface area contributed by atoms with Gasteiger partial charge in [0.25, 0.3) is 5.91 Å². The molecule has 0 aliphatic rings. The minimum absolute atomic E-state index is 0.113. The van der Waals surface area contributed by atoms with Gasteiger partial charge in [-0.15, -0.1) is 0 Å². The summed E-state index contributed by atoms with van der Waals surface area (Å²) < 4.78 is 0. The zero-order chi connectivity index (χ0) is 12.0. The number of amides is 1. The quantitative estimate of drug-likeness (QED) is 0.750. The van der Waals surface area contributed by atoms with Crippen LogP contribution in [-0.2, 0) is 0 Å². The number of carbonyl (C=O) groups is 1. The predicted octanol–water partition coefficient (Wildman–Crippen LogP) is 3.00. The second-order valence-electron chi connectivity index (χ2n) is 3.63. The van der Waals surface area contributed by atoms with Crippen LogP contribution in [0.2, 0.25) is 0 Å². The largest absolute Gasteiger partial charge is 0.357 e. The summed E-state index contributed by atoms with van der Waals surface area (Å²) in [4.78, 5) is 14.6. The first-order valence-electron chi connectivity index (χ1n) is 5.45. The summed E-state index contributed by atoms with van der Waals surface area (Å²) in [7, 11) is 0. The van der Waals surface area contributed by atoms with Crippen LogP contribution in [0.1, 0.15) is 37.7 Å². The van der Waals surface area contributed by atoms with E-state index in [2.05, 4.69) is 17.2 Å². The minimum atomic E-state index is -0.113. The molecule has 0 atom stereocenters. The van der Waals surface area contributed by atoms with Crippen LogP contribution in [0.15, 0.2) is 41.8 Å². The van der Waals surface area contributed by atoms with Crippen molar-refractivity contribution >= 4 is 5.91 Å². The van der Waals surface area contributed by atoms with Gasteiger partial charge >= 0.3 is 0 Å². The molecule has 0 saturated carbocycles. The standard InChI is InChI=1S/C13H18N2O/c1-4-10(3)9-11(5-2)15-13(16)12-7-6-8-14-12/h5-9,14H,4H2,1-3H3,(H,15,16)/b10-9-,11-5+. The van der Waals surface area contributed by atoms with Crippen LogP contribution in [0.5, 0.6) is 0 Å². The van der Waals surface area contributed by atoms with E-state index in [1.165, 1.54) is 5.57 Å². The smallest absolute Gasteiger partial charge is 0.272 e. The number of allylic oxidation sites excluding steroid dienone is 3. The average molecular weight is 218 g/mol. The minimum Gasteiger partial charge on any atom is -0.357 e. The van der Waals surface area contributed by atoms with Gasteiger partial charge in [-0.2, -0.15) is 0 Å². The fourth-order valence-electron chi connectivity index (χ4n) is 1.23. The number of carbonyl (C=O) groups excluding carboxylic acids is 1. The fraction of sp³-hybridized carbons (Fsp3) is 0.308. The molecule has 2 N–H and O–H groups in total. The Hall–Kier alpha value is -1.77. The molecule has 0 aliphatic heterocycles. The van der Waals surface area contributed by atoms with Crippen molar-refractivity contribution in [2.24, 2.45) is 0 Å². The first-order chi connectivity index (χ1) is 7.67. The Morgan fingerprint density at radius 1 is 1.56 bits per heavy atom. The Bertz CT molecular complexity index is 400. The van der Waals surface area contributed by atoms with Gasteiger partial charge in [0, 0.05) is 11.9 Å². The van der Waals surface area contributed by atoms with Gasteiger partial charge in [0.05, 0.1) is 0 Å². The van der Waals surface area contributed by atoms with E-state index in [-0.39, 0.29) is 5.91 Å². The summed E-state index contributed by atoms with van der Waals surface area (Å²) in [5.74, 6) is -0.113. The monoisotopic (exact) mass is 218 g/mol. The zero-order valence-electron chi connectivity index (χ0n) is 10.0. The molecule has 86 valence electrons. The van der Waals surface area contributed by atoms with Gasteiger partial charge in [0.15, 0.2) is 0 Å². The number of hydrogen-bond acceptors (Lipinski definition) is 1. The summed E-state index contributed by atoms with van der Waals surface area (Å²) in [6, 6.07) is 3.55. The van der Waals surface area contributed by atoms with E-state index in [1.54, 1.807) is 18.3 Å². The van der Waals surface area contributed by atoms with Gasteiger partial charge < -0.3 is 10.3 Å². The number of aromatic nitrogens is 1. The predicted molar refractivity (Wildman–Crippen MR) is 66.1 cm³/mol. The number of aromatic amines is 1. The van der Waals surface area contributed by atoms with Gasteiger partial charge in [-0.05, 0) is 38.5 Å². The molecule has 1 aromatic rings. The number of rotatable bonds is 4. The van der Waals surface area contributed by atoms with Crippen molar-refractivity contribution in [3.63, 3.8) is 0 Å². The van der Waals surface area contributed by atoms with Gasteiger partial charge in [-0.3, -0.25) is 4.79 Å². The highest BCUT2D eigenvalue weighted by atomic mass is 16.1. The molecule has 0 spiro atoms. The van der Waals surface area contributed by atoms with Crippen LogP contribution < -0.4 is 5.32 Å². The maximum atomic E-state index is 11.7. The fourth-order valence-corrected chi connectivity index (χ4v) is 1.23. The second kappa shape index (κ2) is 5.95. The Balaban J connectivity index is 2.69. The third-order valence-corrected chi connectivity index (χ3v) is 2.37. The van der Waals surface area contributed by atoms with Crippen LogP contribution in [0.4, 0.5) is 0 Å². The Morgan fingerprint density at radius 3 is 2.81 bits per heavy atom. The third-order valence-electron chi connectivity index (χ3n) is 2.37. The SMILES string of the molecule is C/C=C(\C=C(\C)CC)NC(=O)c1ccc[nH]1. The molecule has 0 aromatic carbocycles. The lowest BCUT2D eigenvalue weighted by molar-refractivity contribution is 0.0963. The molecule has 0 bridgehead atoms. The highest BCUT2D eigenvalue weighted by molar-refractivity contribution is 5.93. The highest BCUT2D eigenvalue weighted by Crippen LogP contribution is 2.04. The lowest BCUT2D eigenvalue weighted by Gasteiger charge is -2.05. The molecule has 0 saturated heterocycles. The van der Waals surface area contributed by atoms with Crippen molar-refractivity contribution < 1.29 is 4.79 Å². The Kier molecular flexibility index (Phi) is 4.58.